The molecule has 0 aromatic rings. The molecule has 0 aliphatic heterocycles. The summed E-state index contributed by atoms with van der Waals surface area (Å²) < 4.78 is 14.6. The topological polar surface area (TPSA) is 68.2 Å². The highest BCUT2D eigenvalue weighted by Gasteiger charge is 1.85. The van der Waals surface area contributed by atoms with Crippen LogP contribution in [0.2, 0.25) is 0 Å². The molecule has 0 bridgehead atoms. The first-order valence-electron chi connectivity index (χ1n) is 6.19. The summed E-state index contributed by atoms with van der Waals surface area (Å²) in [7, 11) is 1.61. The van der Waals surface area contributed by atoms with Crippen molar-refractivity contribution in [3.8, 4) is 0 Å². The highest BCUT2D eigenvalue weighted by Crippen LogP contribution is 1.93. The molecule has 0 amide bonds. The van der Waals surface area contributed by atoms with E-state index < -0.39 is 0 Å². The summed E-state index contributed by atoms with van der Waals surface area (Å²) in [5, 5.41) is 16.5. The monoisotopic (exact) mass is 252 g/mol. The maximum absolute atomic E-state index is 8.30. The van der Waals surface area contributed by atoms with Crippen LogP contribution >= 0.6 is 0 Å². The number of hydrogen-bond donors (Lipinski definition) is 2. The molecule has 0 fully saturated rings. The van der Waals surface area contributed by atoms with E-state index in [9.17, 15) is 0 Å². The third-order valence-corrected chi connectivity index (χ3v) is 1.80. The molecule has 0 unspecified atom stereocenters. The van der Waals surface area contributed by atoms with Crippen LogP contribution in [0.1, 0.15) is 26.2 Å². The van der Waals surface area contributed by atoms with Gasteiger partial charge in [0.25, 0.3) is 0 Å². The molecule has 0 heterocycles. The van der Waals surface area contributed by atoms with Gasteiger partial charge in [-0.15, -0.1) is 0 Å². The van der Waals surface area contributed by atoms with Gasteiger partial charge in [0, 0.05) is 13.7 Å². The lowest BCUT2D eigenvalue weighted by atomic mass is 10.3. The molecule has 0 atom stereocenters. The maximum atomic E-state index is 8.30. The van der Waals surface area contributed by atoms with Gasteiger partial charge in [-0.05, 0) is 6.42 Å². The summed E-state index contributed by atoms with van der Waals surface area (Å²) in [6.07, 6.45) is 3.57. The van der Waals surface area contributed by atoms with Crippen LogP contribution in [-0.4, -0.2) is 63.6 Å². The zero-order valence-corrected chi connectivity index (χ0v) is 11.2. The second kappa shape index (κ2) is 21.1. The lowest BCUT2D eigenvalue weighted by Crippen LogP contribution is -2.05. The van der Waals surface area contributed by atoms with E-state index in [1.807, 2.05) is 0 Å². The van der Waals surface area contributed by atoms with Gasteiger partial charge in [0.2, 0.25) is 0 Å². The van der Waals surface area contributed by atoms with Crippen molar-refractivity contribution in [2.45, 2.75) is 26.2 Å². The van der Waals surface area contributed by atoms with Gasteiger partial charge in [0.15, 0.2) is 0 Å². The van der Waals surface area contributed by atoms with Crippen LogP contribution < -0.4 is 0 Å². The molecule has 0 saturated carbocycles. The molecule has 2 N–H and O–H groups in total. The minimum atomic E-state index is 0.0870. The van der Waals surface area contributed by atoms with Gasteiger partial charge < -0.3 is 24.4 Å². The van der Waals surface area contributed by atoms with E-state index in [0.29, 0.717) is 26.4 Å². The Bertz CT molecular complexity index is 99.1. The molecule has 5 heteroatoms. The highest BCUT2D eigenvalue weighted by molar-refractivity contribution is 4.35. The van der Waals surface area contributed by atoms with Crippen LogP contribution in [0, 0.1) is 0 Å². The van der Waals surface area contributed by atoms with E-state index in [4.69, 9.17) is 19.7 Å². The van der Waals surface area contributed by atoms with E-state index in [1.165, 1.54) is 12.8 Å². The van der Waals surface area contributed by atoms with Crippen molar-refractivity contribution < 1.29 is 24.4 Å². The van der Waals surface area contributed by atoms with Crippen molar-refractivity contribution in [1.29, 1.82) is 0 Å². The number of ether oxygens (including phenoxy) is 3. The van der Waals surface area contributed by atoms with Gasteiger partial charge in [0.1, 0.15) is 0 Å². The second-order valence-electron chi connectivity index (χ2n) is 3.37. The Labute approximate surface area is 105 Å². The Morgan fingerprint density at radius 2 is 1.35 bits per heavy atom. The van der Waals surface area contributed by atoms with E-state index in [2.05, 4.69) is 11.7 Å². The maximum Gasteiger partial charge on any atom is 0.0701 e. The van der Waals surface area contributed by atoms with Crippen LogP contribution in [0.15, 0.2) is 0 Å². The molecule has 0 aliphatic carbocycles. The lowest BCUT2D eigenvalue weighted by Gasteiger charge is -1.98. The van der Waals surface area contributed by atoms with Gasteiger partial charge in [-0.1, -0.05) is 19.8 Å². The average molecular weight is 252 g/mol. The van der Waals surface area contributed by atoms with Crippen molar-refractivity contribution in [2.75, 3.05) is 53.4 Å². The van der Waals surface area contributed by atoms with Gasteiger partial charge >= 0.3 is 0 Å². The summed E-state index contributed by atoms with van der Waals surface area (Å²) in [6, 6.07) is 0. The SMILES string of the molecule is CCCCCOCCO.COCCOCCO. The summed E-state index contributed by atoms with van der Waals surface area (Å²) >= 11 is 0. The van der Waals surface area contributed by atoms with Crippen molar-refractivity contribution in [3.05, 3.63) is 0 Å². The molecular weight excluding hydrogens is 224 g/mol. The number of methoxy groups -OCH3 is 1. The van der Waals surface area contributed by atoms with Gasteiger partial charge in [0.05, 0.1) is 39.6 Å². The third-order valence-electron chi connectivity index (χ3n) is 1.80. The first-order valence-corrected chi connectivity index (χ1v) is 6.19. The molecule has 0 aromatic carbocycles. The van der Waals surface area contributed by atoms with Gasteiger partial charge in [-0.25, -0.2) is 0 Å². The molecule has 17 heavy (non-hydrogen) atoms. The average Bonchev–Trinajstić information content (AvgIpc) is 2.36. The Balaban J connectivity index is 0. The Kier molecular flexibility index (Phi) is 23.8. The smallest absolute Gasteiger partial charge is 0.0701 e. The first kappa shape index (κ1) is 19.1. The van der Waals surface area contributed by atoms with Gasteiger partial charge in [-0.2, -0.15) is 0 Å². The van der Waals surface area contributed by atoms with Crippen LogP contribution in [-0.2, 0) is 14.2 Å². The summed E-state index contributed by atoms with van der Waals surface area (Å²) in [4.78, 5) is 0. The Morgan fingerprint density at radius 3 is 1.82 bits per heavy atom. The fraction of sp³-hybridized carbons (Fsp3) is 1.00. The second-order valence-corrected chi connectivity index (χ2v) is 3.37. The largest absolute Gasteiger partial charge is 0.394 e. The number of aliphatic hydroxyl groups excluding tert-OH is 2. The van der Waals surface area contributed by atoms with E-state index in [1.54, 1.807) is 7.11 Å². The van der Waals surface area contributed by atoms with Crippen LogP contribution in [0.3, 0.4) is 0 Å². The van der Waals surface area contributed by atoms with E-state index in [0.717, 1.165) is 13.0 Å². The first-order chi connectivity index (χ1) is 8.33. The Hall–Kier alpha value is -0.200. The lowest BCUT2D eigenvalue weighted by molar-refractivity contribution is 0.0500. The van der Waals surface area contributed by atoms with E-state index in [-0.39, 0.29) is 13.2 Å². The molecule has 0 spiro atoms. The highest BCUT2D eigenvalue weighted by atomic mass is 16.5. The zero-order chi connectivity index (χ0) is 13.2. The molecule has 0 saturated heterocycles. The standard InChI is InChI=1S/C7H16O2.C5H12O3/c1-2-3-4-6-9-7-5-8;1-7-4-5-8-3-2-6/h8H,2-7H2,1H3;6H,2-5H2,1H3. The van der Waals surface area contributed by atoms with Crippen molar-refractivity contribution in [1.82, 2.24) is 0 Å². The fourth-order valence-electron chi connectivity index (χ4n) is 0.930. The fourth-order valence-corrected chi connectivity index (χ4v) is 0.930. The number of hydrogen-bond acceptors (Lipinski definition) is 5. The van der Waals surface area contributed by atoms with E-state index >= 15 is 0 Å². The molecular formula is C12H28O5. The number of aliphatic hydroxyl groups is 2. The molecule has 0 radical (unpaired) electrons. The normalized spacial score (nSPS) is 9.88. The van der Waals surface area contributed by atoms with Crippen LogP contribution in [0.4, 0.5) is 0 Å². The number of rotatable bonds is 11. The van der Waals surface area contributed by atoms with Gasteiger partial charge in [-0.3, -0.25) is 0 Å². The van der Waals surface area contributed by atoms with Crippen LogP contribution in [0.5, 0.6) is 0 Å². The molecule has 0 aromatic heterocycles. The minimum absolute atomic E-state index is 0.0870. The molecule has 5 nitrogen and oxygen atoms in total. The molecule has 0 aliphatic rings. The quantitative estimate of drug-likeness (QED) is 0.533. The van der Waals surface area contributed by atoms with Crippen LogP contribution in [0.25, 0.3) is 0 Å². The zero-order valence-electron chi connectivity index (χ0n) is 11.2. The summed E-state index contributed by atoms with van der Waals surface area (Å²) in [6.45, 7) is 5.25. The predicted molar refractivity (Wildman–Crippen MR) is 67.2 cm³/mol. The summed E-state index contributed by atoms with van der Waals surface area (Å²) in [5.41, 5.74) is 0. The van der Waals surface area contributed by atoms with Crippen molar-refractivity contribution >= 4 is 0 Å². The number of unbranched alkanes of at least 4 members (excludes halogenated alkanes) is 2. The third kappa shape index (κ3) is 25.8. The summed E-state index contributed by atoms with van der Waals surface area (Å²) in [5.74, 6) is 0. The van der Waals surface area contributed by atoms with Crippen molar-refractivity contribution in [2.24, 2.45) is 0 Å². The van der Waals surface area contributed by atoms with Crippen molar-refractivity contribution in [3.63, 3.8) is 0 Å². The molecule has 106 valence electrons. The Morgan fingerprint density at radius 1 is 0.765 bits per heavy atom. The molecule has 0 rings (SSSR count). The minimum Gasteiger partial charge on any atom is -0.394 e. The predicted octanol–water partition coefficient (Wildman–Crippen LogP) is 0.827.